The fraction of sp³-hybridized carbons (Fsp3) is 1.00. The van der Waals surface area contributed by atoms with Crippen LogP contribution in [0, 0.1) is 5.92 Å². The van der Waals surface area contributed by atoms with Gasteiger partial charge >= 0.3 is 0 Å². The molecule has 0 bridgehead atoms. The Morgan fingerprint density at radius 2 is 1.85 bits per heavy atom. The van der Waals surface area contributed by atoms with E-state index in [4.69, 9.17) is 5.11 Å². The van der Waals surface area contributed by atoms with Gasteiger partial charge in [0.15, 0.2) is 0 Å². The van der Waals surface area contributed by atoms with E-state index in [2.05, 4.69) is 29.2 Å². The van der Waals surface area contributed by atoms with E-state index in [-0.39, 0.29) is 6.61 Å². The second-order valence-corrected chi connectivity index (χ2v) is 6.76. The third-order valence-electron chi connectivity index (χ3n) is 5.29. The van der Waals surface area contributed by atoms with Gasteiger partial charge in [-0.25, -0.2) is 0 Å². The Hall–Kier alpha value is -0.160. The number of aliphatic hydroxyl groups is 1. The lowest BCUT2D eigenvalue weighted by atomic mass is 9.87. The normalized spacial score (nSPS) is 29.2. The number of nitrogens with zero attached hydrogens (tertiary/aromatic N) is 2. The molecule has 1 heterocycles. The standard InChI is InChI=1S/C16H33N3O/c1-18(10-11-20)13-14-8-9-17-12-16(14)19(2)15-6-4-3-5-7-15/h14-17,20H,3-13H2,1-2H3. The molecule has 118 valence electrons. The number of nitrogens with one attached hydrogen (secondary N) is 1. The van der Waals surface area contributed by atoms with Crippen molar-refractivity contribution < 1.29 is 5.11 Å². The topological polar surface area (TPSA) is 38.7 Å². The maximum absolute atomic E-state index is 9.08. The monoisotopic (exact) mass is 283 g/mol. The summed E-state index contributed by atoms with van der Waals surface area (Å²) in [5.41, 5.74) is 0. The Bertz CT molecular complexity index is 268. The summed E-state index contributed by atoms with van der Waals surface area (Å²) >= 11 is 0. The van der Waals surface area contributed by atoms with Crippen LogP contribution in [0.1, 0.15) is 38.5 Å². The lowest BCUT2D eigenvalue weighted by Crippen LogP contribution is -2.55. The Morgan fingerprint density at radius 1 is 1.10 bits per heavy atom. The zero-order chi connectivity index (χ0) is 14.4. The van der Waals surface area contributed by atoms with E-state index in [0.717, 1.165) is 38.1 Å². The maximum atomic E-state index is 9.08. The van der Waals surface area contributed by atoms with Crippen LogP contribution in [0.25, 0.3) is 0 Å². The van der Waals surface area contributed by atoms with E-state index < -0.39 is 0 Å². The molecule has 0 aromatic heterocycles. The van der Waals surface area contributed by atoms with Crippen molar-refractivity contribution in [1.29, 1.82) is 0 Å². The van der Waals surface area contributed by atoms with Crippen LogP contribution >= 0.6 is 0 Å². The van der Waals surface area contributed by atoms with Crippen LogP contribution in [0.5, 0.6) is 0 Å². The summed E-state index contributed by atoms with van der Waals surface area (Å²) < 4.78 is 0. The van der Waals surface area contributed by atoms with Crippen molar-refractivity contribution in [3.63, 3.8) is 0 Å². The first-order valence-corrected chi connectivity index (χ1v) is 8.44. The van der Waals surface area contributed by atoms with E-state index in [0.29, 0.717) is 6.04 Å². The molecular weight excluding hydrogens is 250 g/mol. The number of hydrogen-bond acceptors (Lipinski definition) is 4. The van der Waals surface area contributed by atoms with Crippen LogP contribution in [0.2, 0.25) is 0 Å². The van der Waals surface area contributed by atoms with Gasteiger partial charge in [-0.15, -0.1) is 0 Å². The van der Waals surface area contributed by atoms with Crippen LogP contribution in [0.4, 0.5) is 0 Å². The molecule has 4 heteroatoms. The van der Waals surface area contributed by atoms with Gasteiger partial charge in [0.1, 0.15) is 0 Å². The third kappa shape index (κ3) is 4.42. The Labute approximate surface area is 124 Å². The predicted octanol–water partition coefficient (Wildman–Crippen LogP) is 1.15. The van der Waals surface area contributed by atoms with Crippen LogP contribution in [-0.4, -0.2) is 73.9 Å². The lowest BCUT2D eigenvalue weighted by Gasteiger charge is -2.44. The van der Waals surface area contributed by atoms with E-state index >= 15 is 0 Å². The molecule has 2 rings (SSSR count). The summed E-state index contributed by atoms with van der Waals surface area (Å²) in [7, 11) is 4.47. The second-order valence-electron chi connectivity index (χ2n) is 6.76. The molecule has 0 radical (unpaired) electrons. The summed E-state index contributed by atoms with van der Waals surface area (Å²) in [6.07, 6.45) is 8.26. The van der Waals surface area contributed by atoms with Crippen molar-refractivity contribution in [2.75, 3.05) is 46.9 Å². The van der Waals surface area contributed by atoms with Crippen molar-refractivity contribution in [2.45, 2.75) is 50.6 Å². The van der Waals surface area contributed by atoms with Crippen molar-refractivity contribution >= 4 is 0 Å². The van der Waals surface area contributed by atoms with Crippen molar-refractivity contribution in [3.8, 4) is 0 Å². The summed E-state index contributed by atoms with van der Waals surface area (Å²) in [4.78, 5) is 4.96. The van der Waals surface area contributed by atoms with E-state index in [9.17, 15) is 0 Å². The highest BCUT2D eigenvalue weighted by Crippen LogP contribution is 2.27. The second kappa shape index (κ2) is 8.32. The summed E-state index contributed by atoms with van der Waals surface area (Å²) in [6.45, 7) is 4.45. The first kappa shape index (κ1) is 16.2. The largest absolute Gasteiger partial charge is 0.395 e. The van der Waals surface area contributed by atoms with Crippen molar-refractivity contribution in [2.24, 2.45) is 5.92 Å². The van der Waals surface area contributed by atoms with Gasteiger partial charge in [-0.3, -0.25) is 4.90 Å². The molecule has 1 aliphatic carbocycles. The molecule has 0 aromatic carbocycles. The molecule has 2 atom stereocenters. The first-order chi connectivity index (χ1) is 9.72. The molecule has 2 aliphatic rings. The molecule has 2 fully saturated rings. The summed E-state index contributed by atoms with van der Waals surface area (Å²) in [5, 5.41) is 12.7. The zero-order valence-electron chi connectivity index (χ0n) is 13.4. The SMILES string of the molecule is CN(CCO)CC1CCNCC1N(C)C1CCCCC1. The summed E-state index contributed by atoms with van der Waals surface area (Å²) in [5.74, 6) is 0.736. The van der Waals surface area contributed by atoms with E-state index in [1.54, 1.807) is 0 Å². The van der Waals surface area contributed by atoms with E-state index in [1.165, 1.54) is 38.5 Å². The van der Waals surface area contributed by atoms with Crippen LogP contribution < -0.4 is 5.32 Å². The number of piperidine rings is 1. The van der Waals surface area contributed by atoms with Crippen LogP contribution in [-0.2, 0) is 0 Å². The van der Waals surface area contributed by atoms with Crippen molar-refractivity contribution in [1.82, 2.24) is 15.1 Å². The minimum absolute atomic E-state index is 0.268. The van der Waals surface area contributed by atoms with E-state index in [1.807, 2.05) is 0 Å². The van der Waals surface area contributed by atoms with Gasteiger partial charge in [0, 0.05) is 31.7 Å². The quantitative estimate of drug-likeness (QED) is 0.767. The van der Waals surface area contributed by atoms with Gasteiger partial charge in [-0.05, 0) is 45.8 Å². The highest BCUT2D eigenvalue weighted by molar-refractivity contribution is 4.89. The Morgan fingerprint density at radius 3 is 2.55 bits per heavy atom. The molecule has 0 spiro atoms. The van der Waals surface area contributed by atoms with Gasteiger partial charge in [0.2, 0.25) is 0 Å². The number of hydrogen-bond donors (Lipinski definition) is 2. The predicted molar refractivity (Wildman–Crippen MR) is 84.0 cm³/mol. The minimum atomic E-state index is 0.268. The Balaban J connectivity index is 1.91. The van der Waals surface area contributed by atoms with Crippen molar-refractivity contribution in [3.05, 3.63) is 0 Å². The molecule has 1 saturated heterocycles. The molecule has 0 aromatic rings. The van der Waals surface area contributed by atoms with Gasteiger partial charge in [-0.2, -0.15) is 0 Å². The average Bonchev–Trinajstić information content (AvgIpc) is 2.48. The number of likely N-dealkylation sites (N-methyl/N-ethyl adjacent to an activating group) is 2. The molecule has 20 heavy (non-hydrogen) atoms. The zero-order valence-corrected chi connectivity index (χ0v) is 13.4. The molecule has 2 unspecified atom stereocenters. The highest BCUT2D eigenvalue weighted by Gasteiger charge is 2.32. The fourth-order valence-electron chi connectivity index (χ4n) is 4.01. The lowest BCUT2D eigenvalue weighted by molar-refractivity contribution is 0.0621. The Kier molecular flexibility index (Phi) is 6.75. The van der Waals surface area contributed by atoms with Gasteiger partial charge < -0.3 is 15.3 Å². The smallest absolute Gasteiger partial charge is 0.0558 e. The minimum Gasteiger partial charge on any atom is -0.395 e. The molecule has 1 aliphatic heterocycles. The highest BCUT2D eigenvalue weighted by atomic mass is 16.3. The summed E-state index contributed by atoms with van der Waals surface area (Å²) in [6, 6.07) is 1.45. The van der Waals surface area contributed by atoms with Crippen LogP contribution in [0.3, 0.4) is 0 Å². The van der Waals surface area contributed by atoms with Gasteiger partial charge in [-0.1, -0.05) is 19.3 Å². The first-order valence-electron chi connectivity index (χ1n) is 8.44. The molecule has 0 amide bonds. The number of rotatable bonds is 6. The molecule has 4 nitrogen and oxygen atoms in total. The third-order valence-corrected chi connectivity index (χ3v) is 5.29. The maximum Gasteiger partial charge on any atom is 0.0558 e. The van der Waals surface area contributed by atoms with Gasteiger partial charge in [0.05, 0.1) is 6.61 Å². The number of aliphatic hydroxyl groups excluding tert-OH is 1. The van der Waals surface area contributed by atoms with Gasteiger partial charge in [0.25, 0.3) is 0 Å². The van der Waals surface area contributed by atoms with Crippen LogP contribution in [0.15, 0.2) is 0 Å². The molecular formula is C16H33N3O. The average molecular weight is 283 g/mol. The molecule has 1 saturated carbocycles. The fourth-order valence-corrected chi connectivity index (χ4v) is 4.01. The molecule has 2 N–H and O–H groups in total.